The monoisotopic (exact) mass is 649 g/mol. The standard InChI is InChI=1S/C32H23F8N3O3/c1-16(44)24-13-18(4-5-25(24)35)23-3-2-8-41-28(23)19(9-17-10-20(33)14-21(34)11-17)12-22(45)15-43-30-27(29(42-43)32(38,39)40)26(46)6-7-31(30,36)37/h2-5,8,10-11,13-14,19H,6-7,9,12,15H2,1H3/t19-/m1/s1. The van der Waals surface area contributed by atoms with Gasteiger partial charge in [0, 0.05) is 43.0 Å². The Bertz CT molecular complexity index is 1850. The Morgan fingerprint density at radius 3 is 2.37 bits per heavy atom. The van der Waals surface area contributed by atoms with Gasteiger partial charge >= 0.3 is 6.18 Å². The van der Waals surface area contributed by atoms with Gasteiger partial charge in [0.2, 0.25) is 0 Å². The Kier molecular flexibility index (Phi) is 8.67. The molecule has 0 bridgehead atoms. The molecule has 0 saturated heterocycles. The number of carbonyl (C=O) groups excluding carboxylic acids is 3. The number of carbonyl (C=O) groups is 3. The molecule has 46 heavy (non-hydrogen) atoms. The number of Topliss-reactive ketones (excluding diaryl/α,β-unsaturated/α-hetero) is 3. The summed E-state index contributed by atoms with van der Waals surface area (Å²) in [5.41, 5.74) is -3.85. The number of fused-ring (bicyclic) bond motifs is 1. The molecule has 2 aromatic carbocycles. The van der Waals surface area contributed by atoms with Crippen LogP contribution < -0.4 is 0 Å². The van der Waals surface area contributed by atoms with Gasteiger partial charge in [0.1, 0.15) is 29.7 Å². The van der Waals surface area contributed by atoms with Gasteiger partial charge in [0.05, 0.1) is 16.8 Å². The lowest BCUT2D eigenvalue weighted by Crippen LogP contribution is -2.29. The molecular formula is C32H23F8N3O3. The minimum Gasteiger partial charge on any atom is -0.298 e. The van der Waals surface area contributed by atoms with Crippen LogP contribution in [-0.2, 0) is 29.9 Å². The minimum atomic E-state index is -5.26. The normalized spacial score (nSPS) is 15.0. The molecule has 6 nitrogen and oxygen atoms in total. The van der Waals surface area contributed by atoms with Gasteiger partial charge in [0.15, 0.2) is 23.0 Å². The Morgan fingerprint density at radius 2 is 1.72 bits per heavy atom. The van der Waals surface area contributed by atoms with Crippen LogP contribution >= 0.6 is 0 Å². The van der Waals surface area contributed by atoms with E-state index in [2.05, 4.69) is 10.1 Å². The van der Waals surface area contributed by atoms with E-state index >= 15 is 0 Å². The summed E-state index contributed by atoms with van der Waals surface area (Å²) in [6.45, 7) is 0.0735. The van der Waals surface area contributed by atoms with Gasteiger partial charge < -0.3 is 0 Å². The first kappa shape index (κ1) is 32.6. The summed E-state index contributed by atoms with van der Waals surface area (Å²) in [6.07, 6.45) is -6.66. The van der Waals surface area contributed by atoms with Crippen molar-refractivity contribution in [3.05, 3.63) is 106 Å². The van der Waals surface area contributed by atoms with E-state index in [1.165, 1.54) is 30.5 Å². The summed E-state index contributed by atoms with van der Waals surface area (Å²) in [7, 11) is 0. The number of halogens is 8. The number of hydrogen-bond donors (Lipinski definition) is 0. The van der Waals surface area contributed by atoms with Crippen LogP contribution in [0.1, 0.15) is 75.5 Å². The fraction of sp³-hybridized carbons (Fsp3) is 0.281. The number of hydrogen-bond acceptors (Lipinski definition) is 5. The lowest BCUT2D eigenvalue weighted by atomic mass is 9.86. The lowest BCUT2D eigenvalue weighted by molar-refractivity contribution is -0.142. The second-order valence-corrected chi connectivity index (χ2v) is 11.0. The highest BCUT2D eigenvalue weighted by molar-refractivity contribution is 6.00. The van der Waals surface area contributed by atoms with Crippen LogP contribution in [-0.4, -0.2) is 32.1 Å². The van der Waals surface area contributed by atoms with Crippen LogP contribution in [0.4, 0.5) is 35.1 Å². The number of alkyl halides is 5. The van der Waals surface area contributed by atoms with Crippen LogP contribution in [0.2, 0.25) is 0 Å². The molecule has 0 N–H and O–H groups in total. The third kappa shape index (κ3) is 6.60. The first-order valence-corrected chi connectivity index (χ1v) is 13.9. The third-order valence-corrected chi connectivity index (χ3v) is 7.60. The maximum absolute atomic E-state index is 14.9. The zero-order valence-electron chi connectivity index (χ0n) is 23.9. The quantitative estimate of drug-likeness (QED) is 0.138. The van der Waals surface area contributed by atoms with Crippen molar-refractivity contribution in [1.82, 2.24) is 14.8 Å². The Morgan fingerprint density at radius 1 is 1.02 bits per heavy atom. The van der Waals surface area contributed by atoms with Crippen molar-refractivity contribution in [2.45, 2.75) is 57.2 Å². The van der Waals surface area contributed by atoms with Crippen molar-refractivity contribution < 1.29 is 49.5 Å². The van der Waals surface area contributed by atoms with Crippen LogP contribution in [0.25, 0.3) is 11.1 Å². The highest BCUT2D eigenvalue weighted by atomic mass is 19.4. The Balaban J connectivity index is 1.57. The number of nitrogens with zero attached hydrogens (tertiary/aromatic N) is 3. The summed E-state index contributed by atoms with van der Waals surface area (Å²) in [6, 6.07) is 9.31. The zero-order chi connectivity index (χ0) is 33.6. The first-order valence-electron chi connectivity index (χ1n) is 13.9. The molecular weight excluding hydrogens is 626 g/mol. The van der Waals surface area contributed by atoms with Gasteiger partial charge in [-0.05, 0) is 54.8 Å². The fourth-order valence-corrected chi connectivity index (χ4v) is 5.66. The number of ketones is 3. The summed E-state index contributed by atoms with van der Waals surface area (Å²) >= 11 is 0. The van der Waals surface area contributed by atoms with Crippen molar-refractivity contribution in [2.75, 3.05) is 0 Å². The molecule has 0 aliphatic heterocycles. The van der Waals surface area contributed by atoms with E-state index in [0.29, 0.717) is 17.2 Å². The fourth-order valence-electron chi connectivity index (χ4n) is 5.66. The van der Waals surface area contributed by atoms with Crippen LogP contribution in [0.5, 0.6) is 0 Å². The molecule has 5 rings (SSSR count). The molecule has 2 heterocycles. The second kappa shape index (κ2) is 12.2. The summed E-state index contributed by atoms with van der Waals surface area (Å²) in [4.78, 5) is 42.1. The van der Waals surface area contributed by atoms with Crippen molar-refractivity contribution >= 4 is 17.3 Å². The van der Waals surface area contributed by atoms with E-state index in [0.717, 1.165) is 25.1 Å². The van der Waals surface area contributed by atoms with Gasteiger partial charge in [-0.2, -0.15) is 27.1 Å². The van der Waals surface area contributed by atoms with Crippen LogP contribution in [0, 0.1) is 17.5 Å². The number of aromatic nitrogens is 3. The molecule has 4 aromatic rings. The largest absolute Gasteiger partial charge is 0.435 e. The predicted molar refractivity (Wildman–Crippen MR) is 147 cm³/mol. The molecule has 1 atom stereocenters. The summed E-state index contributed by atoms with van der Waals surface area (Å²) in [5.74, 6) is -10.3. The summed E-state index contributed by atoms with van der Waals surface area (Å²) < 4.78 is 114. The molecule has 0 fully saturated rings. The zero-order valence-corrected chi connectivity index (χ0v) is 23.9. The van der Waals surface area contributed by atoms with Gasteiger partial charge in [-0.3, -0.25) is 24.0 Å². The Labute approximate surface area is 256 Å². The van der Waals surface area contributed by atoms with E-state index in [1.54, 1.807) is 0 Å². The van der Waals surface area contributed by atoms with E-state index in [1.807, 2.05) is 0 Å². The predicted octanol–water partition coefficient (Wildman–Crippen LogP) is 7.64. The van der Waals surface area contributed by atoms with Gasteiger partial charge in [-0.25, -0.2) is 13.2 Å². The highest BCUT2D eigenvalue weighted by Crippen LogP contribution is 2.45. The van der Waals surface area contributed by atoms with E-state index < -0.39 is 95.6 Å². The molecule has 240 valence electrons. The number of pyridine rings is 1. The molecule has 1 aliphatic carbocycles. The van der Waals surface area contributed by atoms with Crippen molar-refractivity contribution in [1.29, 1.82) is 0 Å². The van der Waals surface area contributed by atoms with Crippen LogP contribution in [0.15, 0.2) is 54.7 Å². The molecule has 1 aliphatic rings. The van der Waals surface area contributed by atoms with E-state index in [9.17, 15) is 49.5 Å². The molecule has 0 spiro atoms. The average Bonchev–Trinajstić information content (AvgIpc) is 3.36. The van der Waals surface area contributed by atoms with E-state index in [-0.39, 0.29) is 27.9 Å². The van der Waals surface area contributed by atoms with Gasteiger partial charge in [-0.1, -0.05) is 12.1 Å². The highest BCUT2D eigenvalue weighted by Gasteiger charge is 2.51. The van der Waals surface area contributed by atoms with Gasteiger partial charge in [0.25, 0.3) is 5.92 Å². The smallest absolute Gasteiger partial charge is 0.298 e. The molecule has 14 heteroatoms. The molecule has 0 saturated carbocycles. The van der Waals surface area contributed by atoms with Crippen LogP contribution in [0.3, 0.4) is 0 Å². The average molecular weight is 650 g/mol. The van der Waals surface area contributed by atoms with Crippen molar-refractivity contribution in [3.8, 4) is 11.1 Å². The van der Waals surface area contributed by atoms with Crippen molar-refractivity contribution in [2.24, 2.45) is 0 Å². The number of benzene rings is 2. The molecule has 2 aromatic heterocycles. The van der Waals surface area contributed by atoms with Gasteiger partial charge in [-0.15, -0.1) is 0 Å². The second-order valence-electron chi connectivity index (χ2n) is 11.0. The molecule has 0 radical (unpaired) electrons. The molecule has 0 unspecified atom stereocenters. The lowest BCUT2D eigenvalue weighted by Gasteiger charge is -2.24. The topological polar surface area (TPSA) is 81.9 Å². The van der Waals surface area contributed by atoms with E-state index in [4.69, 9.17) is 0 Å². The maximum atomic E-state index is 14.9. The third-order valence-electron chi connectivity index (χ3n) is 7.60. The maximum Gasteiger partial charge on any atom is 0.435 e. The first-order chi connectivity index (χ1) is 21.5. The molecule has 0 amide bonds. The van der Waals surface area contributed by atoms with Crippen molar-refractivity contribution in [3.63, 3.8) is 0 Å². The SMILES string of the molecule is CC(=O)c1cc(-c2cccnc2[C@@H](CC(=O)Cn2nc(C(F)(F)F)c3c2C(F)(F)CCC3=O)Cc2cc(F)cc(F)c2)ccc1F. The summed E-state index contributed by atoms with van der Waals surface area (Å²) in [5, 5.41) is 3.22. The Hall–Kier alpha value is -4.75. The minimum absolute atomic E-state index is 0.0726. The number of rotatable bonds is 9.